The molecule has 1 atom stereocenters. The molecule has 0 aromatic carbocycles. The van der Waals surface area contributed by atoms with Gasteiger partial charge in [0.2, 0.25) is 0 Å². The molecule has 2 rings (SSSR count). The Hall–Kier alpha value is -2.39. The number of carbonyl (C=O) groups is 1. The highest BCUT2D eigenvalue weighted by molar-refractivity contribution is 5.89. The number of hydrogen-bond acceptors (Lipinski definition) is 5. The number of nitrogens with one attached hydrogen (secondary N) is 2. The third-order valence-electron chi connectivity index (χ3n) is 2.95. The summed E-state index contributed by atoms with van der Waals surface area (Å²) in [5, 5.41) is 7.67. The molecule has 0 fully saturated rings. The molecule has 0 aliphatic rings. The van der Waals surface area contributed by atoms with Crippen LogP contribution in [0, 0.1) is 0 Å². The molecule has 2 aromatic heterocycles. The van der Waals surface area contributed by atoms with E-state index in [1.54, 1.807) is 0 Å². The Bertz CT molecular complexity index is 699. The molecule has 2 heterocycles. The third-order valence-corrected chi connectivity index (χ3v) is 2.95. The van der Waals surface area contributed by atoms with E-state index in [1.807, 2.05) is 20.8 Å². The Morgan fingerprint density at radius 1 is 1.35 bits per heavy atom. The maximum Gasteiger partial charge on any atom is 0.453 e. The predicted molar refractivity (Wildman–Crippen MR) is 72.5 cm³/mol. The van der Waals surface area contributed by atoms with Crippen LogP contribution in [0.15, 0.2) is 10.6 Å². The van der Waals surface area contributed by atoms with E-state index < -0.39 is 23.9 Å². The lowest BCUT2D eigenvalue weighted by molar-refractivity contribution is -0.144. The van der Waals surface area contributed by atoms with Gasteiger partial charge < -0.3 is 9.73 Å². The van der Waals surface area contributed by atoms with E-state index in [2.05, 4.69) is 25.5 Å². The summed E-state index contributed by atoms with van der Waals surface area (Å²) in [5.74, 6) is -1.71. The SMILES string of the molecule is CC(NC(=O)c1ncc(C(C)(C)C)o1)c1nc(C(F)(F)F)n[nH]1. The molecular formula is C13H16F3N5O2. The van der Waals surface area contributed by atoms with Crippen LogP contribution in [0.2, 0.25) is 0 Å². The number of hydrogen-bond donors (Lipinski definition) is 2. The standard InChI is InChI=1S/C13H16F3N5O2/c1-6(8-19-11(21-20-8)13(14,15)16)18-9(22)10-17-5-7(23-10)12(2,3)4/h5-6H,1-4H3,(H,18,22)(H,19,20,21). The molecule has 0 spiro atoms. The maximum absolute atomic E-state index is 12.4. The van der Waals surface area contributed by atoms with Crippen LogP contribution in [-0.2, 0) is 11.6 Å². The molecule has 1 unspecified atom stereocenters. The molecule has 7 nitrogen and oxygen atoms in total. The van der Waals surface area contributed by atoms with Gasteiger partial charge in [-0.2, -0.15) is 13.2 Å². The molecule has 2 N–H and O–H groups in total. The van der Waals surface area contributed by atoms with Crippen LogP contribution in [0.3, 0.4) is 0 Å². The van der Waals surface area contributed by atoms with Crippen molar-refractivity contribution in [3.8, 4) is 0 Å². The summed E-state index contributed by atoms with van der Waals surface area (Å²) in [7, 11) is 0. The first-order valence-corrected chi connectivity index (χ1v) is 6.75. The summed E-state index contributed by atoms with van der Waals surface area (Å²) in [5.41, 5.74) is -0.316. The highest BCUT2D eigenvalue weighted by Gasteiger charge is 2.36. The minimum atomic E-state index is -4.65. The number of oxazole rings is 1. The van der Waals surface area contributed by atoms with Crippen LogP contribution in [-0.4, -0.2) is 26.1 Å². The fourth-order valence-corrected chi connectivity index (χ4v) is 1.65. The van der Waals surface area contributed by atoms with E-state index in [1.165, 1.54) is 13.1 Å². The number of rotatable bonds is 3. The molecule has 2 aromatic rings. The monoisotopic (exact) mass is 331 g/mol. The van der Waals surface area contributed by atoms with Gasteiger partial charge >= 0.3 is 12.1 Å². The van der Waals surface area contributed by atoms with Crippen molar-refractivity contribution in [2.24, 2.45) is 0 Å². The van der Waals surface area contributed by atoms with E-state index in [4.69, 9.17) is 4.42 Å². The lowest BCUT2D eigenvalue weighted by Crippen LogP contribution is -2.27. The molecule has 23 heavy (non-hydrogen) atoms. The van der Waals surface area contributed by atoms with Crippen LogP contribution in [0.5, 0.6) is 0 Å². The van der Waals surface area contributed by atoms with Gasteiger partial charge in [-0.05, 0) is 6.92 Å². The zero-order valence-electron chi connectivity index (χ0n) is 12.9. The van der Waals surface area contributed by atoms with Crippen molar-refractivity contribution in [1.29, 1.82) is 0 Å². The molecule has 0 radical (unpaired) electrons. The first kappa shape index (κ1) is 17.0. The summed E-state index contributed by atoms with van der Waals surface area (Å²) >= 11 is 0. The molecule has 0 bridgehead atoms. The average Bonchev–Trinajstić information content (AvgIpc) is 3.07. The number of nitrogens with zero attached hydrogens (tertiary/aromatic N) is 3. The Morgan fingerprint density at radius 2 is 2.00 bits per heavy atom. The van der Waals surface area contributed by atoms with Crippen LogP contribution >= 0.6 is 0 Å². The van der Waals surface area contributed by atoms with Crippen molar-refractivity contribution in [1.82, 2.24) is 25.5 Å². The van der Waals surface area contributed by atoms with Gasteiger partial charge in [0.1, 0.15) is 11.6 Å². The van der Waals surface area contributed by atoms with Crippen LogP contribution in [0.25, 0.3) is 0 Å². The summed E-state index contributed by atoms with van der Waals surface area (Å²) in [6.07, 6.45) is -3.21. The van der Waals surface area contributed by atoms with Gasteiger partial charge in [0, 0.05) is 5.41 Å². The number of H-pyrrole nitrogens is 1. The van der Waals surface area contributed by atoms with Gasteiger partial charge in [-0.1, -0.05) is 20.8 Å². The van der Waals surface area contributed by atoms with E-state index >= 15 is 0 Å². The summed E-state index contributed by atoms with van der Waals surface area (Å²) in [4.78, 5) is 19.2. The second-order valence-corrected chi connectivity index (χ2v) is 6.02. The van der Waals surface area contributed by atoms with Crippen LogP contribution < -0.4 is 5.32 Å². The molecule has 0 aliphatic heterocycles. The van der Waals surface area contributed by atoms with Crippen molar-refractivity contribution >= 4 is 5.91 Å². The van der Waals surface area contributed by atoms with Gasteiger partial charge in [0.25, 0.3) is 11.7 Å². The highest BCUT2D eigenvalue weighted by Crippen LogP contribution is 2.26. The lowest BCUT2D eigenvalue weighted by atomic mass is 9.94. The fraction of sp³-hybridized carbons (Fsp3) is 0.538. The van der Waals surface area contributed by atoms with Crippen molar-refractivity contribution in [3.05, 3.63) is 29.5 Å². The quantitative estimate of drug-likeness (QED) is 0.901. The number of alkyl halides is 3. The van der Waals surface area contributed by atoms with E-state index in [0.29, 0.717) is 5.76 Å². The van der Waals surface area contributed by atoms with E-state index in [9.17, 15) is 18.0 Å². The van der Waals surface area contributed by atoms with Gasteiger partial charge in [-0.25, -0.2) is 9.97 Å². The summed E-state index contributed by atoms with van der Waals surface area (Å²) < 4.78 is 42.7. The highest BCUT2D eigenvalue weighted by atomic mass is 19.4. The summed E-state index contributed by atoms with van der Waals surface area (Å²) in [6.45, 7) is 7.15. The average molecular weight is 331 g/mol. The number of amides is 1. The number of aromatic nitrogens is 4. The lowest BCUT2D eigenvalue weighted by Gasteiger charge is -2.13. The molecule has 10 heteroatoms. The van der Waals surface area contributed by atoms with Crippen LogP contribution in [0.1, 0.15) is 61.8 Å². The van der Waals surface area contributed by atoms with Crippen molar-refractivity contribution in [2.45, 2.75) is 45.3 Å². The zero-order chi connectivity index (χ0) is 17.4. The zero-order valence-corrected chi connectivity index (χ0v) is 12.9. The second kappa shape index (κ2) is 5.67. The van der Waals surface area contributed by atoms with Gasteiger partial charge in [-0.3, -0.25) is 9.89 Å². The van der Waals surface area contributed by atoms with Gasteiger partial charge in [0.15, 0.2) is 0 Å². The van der Waals surface area contributed by atoms with Crippen molar-refractivity contribution in [2.75, 3.05) is 0 Å². The largest absolute Gasteiger partial charge is 0.453 e. The summed E-state index contributed by atoms with van der Waals surface area (Å²) in [6, 6.07) is -0.823. The maximum atomic E-state index is 12.4. The van der Waals surface area contributed by atoms with Crippen molar-refractivity contribution in [3.63, 3.8) is 0 Å². The van der Waals surface area contributed by atoms with Gasteiger partial charge in [-0.15, -0.1) is 5.10 Å². The second-order valence-electron chi connectivity index (χ2n) is 6.02. The smallest absolute Gasteiger partial charge is 0.437 e. The number of halogens is 3. The first-order chi connectivity index (χ1) is 10.5. The Morgan fingerprint density at radius 3 is 2.48 bits per heavy atom. The predicted octanol–water partition coefficient (Wildman–Crippen LogP) is 2.60. The molecular weight excluding hydrogens is 315 g/mol. The minimum absolute atomic E-state index is 0.117. The van der Waals surface area contributed by atoms with Gasteiger partial charge in [0.05, 0.1) is 12.2 Å². The number of carbonyl (C=O) groups excluding carboxylic acids is 1. The molecule has 0 saturated carbocycles. The minimum Gasteiger partial charge on any atom is -0.437 e. The Kier molecular flexibility index (Phi) is 4.18. The molecule has 126 valence electrons. The van der Waals surface area contributed by atoms with Crippen LogP contribution in [0.4, 0.5) is 13.2 Å². The van der Waals surface area contributed by atoms with E-state index in [0.717, 1.165) is 0 Å². The molecule has 0 aliphatic carbocycles. The topological polar surface area (TPSA) is 96.7 Å². The van der Waals surface area contributed by atoms with E-state index in [-0.39, 0.29) is 17.1 Å². The Balaban J connectivity index is 2.08. The first-order valence-electron chi connectivity index (χ1n) is 6.75. The number of aromatic amines is 1. The normalized spacial score (nSPS) is 13.9. The third kappa shape index (κ3) is 3.88. The molecule has 1 amide bonds. The Labute approximate surface area is 129 Å². The van der Waals surface area contributed by atoms with Crippen molar-refractivity contribution < 1.29 is 22.4 Å². The fourth-order valence-electron chi connectivity index (χ4n) is 1.65. The molecule has 0 saturated heterocycles.